The van der Waals surface area contributed by atoms with E-state index in [2.05, 4.69) is 135 Å². The first-order valence-electron chi connectivity index (χ1n) is 47.7. The van der Waals surface area contributed by atoms with Gasteiger partial charge in [0, 0.05) is 99.5 Å². The van der Waals surface area contributed by atoms with E-state index >= 15 is 0 Å². The Kier molecular flexibility index (Phi) is 28.1. The summed E-state index contributed by atoms with van der Waals surface area (Å²) in [5.74, 6) is 10.3. The minimum absolute atomic E-state index is 0.00125. The maximum atomic E-state index is 12.6. The predicted molar refractivity (Wildman–Crippen MR) is 560 cm³/mol. The van der Waals surface area contributed by atoms with Crippen molar-refractivity contribution in [2.75, 3.05) is 77.0 Å². The van der Waals surface area contributed by atoms with E-state index in [1.54, 1.807) is 95.8 Å². The summed E-state index contributed by atoms with van der Waals surface area (Å²) >= 11 is 0. The number of benzene rings is 6. The van der Waals surface area contributed by atoms with Crippen molar-refractivity contribution >= 4 is 117 Å². The molecule has 11 aromatic heterocycles. The molecule has 16 N–H and O–H groups in total. The molecular formula is C107H103N33O8. The highest BCUT2D eigenvalue weighted by atomic mass is 16.3. The molecule has 0 spiro atoms. The second kappa shape index (κ2) is 42.6. The SMILES string of the molecule is CC(C)(C)c1cnc(-c2nc(N)c3c(n2)N(Cc2ccccc2)C(=O)C3)[nH]1.CC(C)c1cnc(-c2nc(N)c3c(n2)N(Cc2ccccc2)C(=O)C3)[nH]1.Nc1nc(-c2ccco2)nc2c1CC(=O)N2Cc1ccccc1.Nc1nc(-c2cn[nH]c2)nc2c1CC(=O)N2Cc1ccccc1.Nc1nc(-c2nccn2CCO)nc2c1CC(=O)N2Cc1ccccc1.Nc1nc(C2=CC=NC2)nc2c1CC(=O)N2Cc1ccccc1. The lowest BCUT2D eigenvalue weighted by molar-refractivity contribution is -0.118. The number of fused-ring (bicyclic) bond motifs is 6. The van der Waals surface area contributed by atoms with Crippen molar-refractivity contribution in [2.24, 2.45) is 4.99 Å². The van der Waals surface area contributed by atoms with Crippen LogP contribution in [0.1, 0.15) is 125 Å². The molecule has 6 amide bonds. The number of nitrogens with two attached hydrogens (primary N) is 6. The van der Waals surface area contributed by atoms with Crippen LogP contribution in [0.4, 0.5) is 69.8 Å². The standard InChI is InChI=1S/C20H22N6O.C19H20N6O.C18H18N6O2.C17H15N5O.C17H14N4O2.C16H14N6O/c1-20(2,3)14-10-22-17(23-14)18-24-16(21)13-9-15(27)26(19(13)25-18)11-12-7-5-4-6-8-12;1-11(2)14-9-21-17(22-14)18-23-16(20)13-8-15(26)25(19(13)24-18)10-12-6-4-3-5-7-12;19-15-13-10-14(26)24(11-12-4-2-1-3-5-12)17(13)22-16(21-15)18-20-6-7-23(18)8-9-25;18-15-13-8-14(23)22(10-11-4-2-1-3-5-11)17(13)21-16(20-15)12-6-7-19-9-12;18-15-12-9-14(22)21(10-11-5-2-1-3-6-11)17(12)20-16(19-15)13-7-4-8-23-13;17-14-12-6-13(23)22(9-10-4-2-1-3-5-10)16(12)21-15(20-14)11-7-18-19-8-11/h4-8,10H,9,11H2,1-3H3,(H,22,23)(H2,21,24,25);3-7,9,11H,8,10H2,1-2H3,(H,21,22)(H2,20,23,24);1-7,25H,8-11H2,(H2,19,21,22);1-7H,8-10H2,(H2,18,20,21);1-8H,9-10H2,(H2,18,19,20);1-5,7-8H,6,9H2,(H,18,19)(H2,17,20,21). The van der Waals surface area contributed by atoms with Gasteiger partial charge in [-0.1, -0.05) is 217 Å². The minimum Gasteiger partial charge on any atom is -0.461 e. The van der Waals surface area contributed by atoms with Crippen LogP contribution < -0.4 is 63.8 Å². The zero-order valence-electron chi connectivity index (χ0n) is 81.4. The average molecular weight is 1980 g/mol. The quantitative estimate of drug-likeness (QED) is 0.0319. The first-order chi connectivity index (χ1) is 71.7. The van der Waals surface area contributed by atoms with Crippen molar-refractivity contribution in [3.63, 3.8) is 0 Å². The number of hydrogen-bond donors (Lipinski definition) is 10. The number of aromatic nitrogens is 20. The summed E-state index contributed by atoms with van der Waals surface area (Å²) in [5, 5.41) is 15.8. The number of aromatic amines is 3. The van der Waals surface area contributed by atoms with E-state index in [0.29, 0.717) is 214 Å². The number of nitrogens with one attached hydrogen (secondary N) is 3. The number of nitrogen functional groups attached to an aromatic ring is 6. The Morgan fingerprint density at radius 3 is 1.05 bits per heavy atom. The summed E-state index contributed by atoms with van der Waals surface area (Å²) in [6.07, 6.45) is 16.8. The lowest BCUT2D eigenvalue weighted by Crippen LogP contribution is -2.26. The number of aliphatic imine (C=N–C) groups is 1. The normalized spacial score (nSPS) is 13.9. The van der Waals surface area contributed by atoms with Gasteiger partial charge < -0.3 is 58.5 Å². The third-order valence-electron chi connectivity index (χ3n) is 25.2. The van der Waals surface area contributed by atoms with E-state index < -0.39 is 0 Å². The first-order valence-corrected chi connectivity index (χ1v) is 47.7. The van der Waals surface area contributed by atoms with E-state index in [9.17, 15) is 33.9 Å². The van der Waals surface area contributed by atoms with Gasteiger partial charge >= 0.3 is 0 Å². The van der Waals surface area contributed by atoms with Crippen molar-refractivity contribution in [2.45, 2.75) is 130 Å². The monoisotopic (exact) mass is 1980 g/mol. The van der Waals surface area contributed by atoms with Crippen LogP contribution in [0.25, 0.3) is 63.5 Å². The molecule has 18 heterocycles. The Morgan fingerprint density at radius 2 is 0.723 bits per heavy atom. The van der Waals surface area contributed by atoms with Gasteiger partial charge in [-0.3, -0.25) is 68.3 Å². The molecule has 0 saturated carbocycles. The number of carbonyl (C=O) groups excluding carboxylic acids is 6. The van der Waals surface area contributed by atoms with Crippen LogP contribution in [0.2, 0.25) is 0 Å². The van der Waals surface area contributed by atoms with Gasteiger partial charge in [0.15, 0.2) is 58.2 Å². The van der Waals surface area contributed by atoms with Crippen LogP contribution in [0.15, 0.2) is 253 Å². The van der Waals surface area contributed by atoms with E-state index in [0.717, 1.165) is 55.9 Å². The number of imidazole rings is 3. The fourth-order valence-electron chi connectivity index (χ4n) is 17.4. The highest BCUT2D eigenvalue weighted by Gasteiger charge is 2.40. The van der Waals surface area contributed by atoms with Crippen LogP contribution >= 0.6 is 0 Å². The van der Waals surface area contributed by atoms with Gasteiger partial charge in [0.05, 0.1) is 109 Å². The Labute approximate surface area is 848 Å². The van der Waals surface area contributed by atoms with Gasteiger partial charge in [-0.05, 0) is 57.5 Å². The Morgan fingerprint density at radius 1 is 0.385 bits per heavy atom. The topological polar surface area (TPSA) is 582 Å². The van der Waals surface area contributed by atoms with E-state index in [4.69, 9.17) is 38.8 Å². The van der Waals surface area contributed by atoms with Gasteiger partial charge in [0.2, 0.25) is 35.4 Å². The number of aliphatic hydroxyl groups excluding tert-OH is 1. The molecule has 0 aliphatic carbocycles. The summed E-state index contributed by atoms with van der Waals surface area (Å²) in [5.41, 5.74) is 50.4. The van der Waals surface area contributed by atoms with Gasteiger partial charge in [-0.25, -0.2) is 74.8 Å². The summed E-state index contributed by atoms with van der Waals surface area (Å²) in [4.78, 5) is 162. The predicted octanol–water partition coefficient (Wildman–Crippen LogP) is 12.1. The molecule has 7 aliphatic rings. The van der Waals surface area contributed by atoms with Crippen molar-refractivity contribution in [3.05, 3.63) is 328 Å². The minimum atomic E-state index is -0.0666. The third kappa shape index (κ3) is 21.4. The molecule has 0 radical (unpaired) electrons. The number of allylic oxidation sites excluding steroid dienone is 1. The Hall–Kier alpha value is -19.1. The Bertz CT molecular complexity index is 7710. The van der Waals surface area contributed by atoms with Gasteiger partial charge in [0.25, 0.3) is 0 Å². The molecule has 7 aliphatic heterocycles. The molecule has 0 atom stereocenters. The Balaban J connectivity index is 0.000000112. The van der Waals surface area contributed by atoms with Crippen molar-refractivity contribution < 1.29 is 38.3 Å². The van der Waals surface area contributed by atoms with Crippen LogP contribution in [0.3, 0.4) is 0 Å². The fraction of sp³-hybridized carbons (Fsp3) is 0.206. The van der Waals surface area contributed by atoms with Gasteiger partial charge in [-0.2, -0.15) is 5.10 Å². The lowest BCUT2D eigenvalue weighted by Gasteiger charge is -2.17. The molecule has 41 heteroatoms. The van der Waals surface area contributed by atoms with E-state index in [-0.39, 0.29) is 91.8 Å². The van der Waals surface area contributed by atoms with Crippen LogP contribution in [-0.4, -0.2) is 159 Å². The number of hydrogen-bond acceptors (Lipinski definition) is 31. The number of H-pyrrole nitrogens is 3. The number of rotatable bonds is 21. The number of anilines is 12. The summed E-state index contributed by atoms with van der Waals surface area (Å²) in [6.45, 7) is 14.1. The highest BCUT2D eigenvalue weighted by Crippen LogP contribution is 2.42. The zero-order valence-corrected chi connectivity index (χ0v) is 81.4. The van der Waals surface area contributed by atoms with Gasteiger partial charge in [-0.15, -0.1) is 0 Å². The smallest absolute Gasteiger partial charge is 0.233 e. The fourth-order valence-corrected chi connectivity index (χ4v) is 17.4. The van der Waals surface area contributed by atoms with Crippen molar-refractivity contribution in [3.8, 4) is 57.9 Å². The summed E-state index contributed by atoms with van der Waals surface area (Å²) < 4.78 is 7.08. The number of carbonyl (C=O) groups is 6. The molecule has 41 nitrogen and oxygen atoms in total. The highest BCUT2D eigenvalue weighted by molar-refractivity contribution is 6.06. The van der Waals surface area contributed by atoms with Crippen LogP contribution in [-0.2, 0) is 119 Å². The first kappa shape index (κ1) is 97.7. The number of nitrogens with zero attached hydrogens (tertiary/aromatic N) is 24. The molecule has 17 aromatic rings. The van der Waals surface area contributed by atoms with E-state index in [1.807, 2.05) is 188 Å². The third-order valence-corrected chi connectivity index (χ3v) is 25.2. The second-order valence-corrected chi connectivity index (χ2v) is 36.8. The van der Waals surface area contributed by atoms with Crippen LogP contribution in [0, 0.1) is 0 Å². The van der Waals surface area contributed by atoms with Crippen LogP contribution in [0.5, 0.6) is 0 Å². The molecule has 6 aromatic carbocycles. The number of amides is 6. The van der Waals surface area contributed by atoms with E-state index in [1.165, 1.54) is 0 Å². The lowest BCUT2D eigenvalue weighted by atomic mass is 9.93. The number of aliphatic hydroxyl groups is 1. The van der Waals surface area contributed by atoms with Gasteiger partial charge in [0.1, 0.15) is 69.8 Å². The maximum absolute atomic E-state index is 12.6. The molecule has 0 bridgehead atoms. The average Bonchev–Trinajstić information content (AvgIpc) is 1.63. The molecule has 148 heavy (non-hydrogen) atoms. The molecule has 0 saturated heterocycles. The molecular weight excluding hydrogens is 1880 g/mol. The summed E-state index contributed by atoms with van der Waals surface area (Å²) in [7, 11) is 0. The second-order valence-electron chi connectivity index (χ2n) is 36.8. The molecule has 24 rings (SSSR count). The summed E-state index contributed by atoms with van der Waals surface area (Å²) in [6, 6.07) is 62.3. The largest absolute Gasteiger partial charge is 0.461 e. The molecule has 0 fully saturated rings. The molecule has 0 unspecified atom stereocenters. The zero-order chi connectivity index (χ0) is 103. The van der Waals surface area contributed by atoms with Crippen molar-refractivity contribution in [1.29, 1.82) is 0 Å². The maximum Gasteiger partial charge on any atom is 0.233 e. The number of furan rings is 1. The van der Waals surface area contributed by atoms with Crippen molar-refractivity contribution in [1.82, 2.24) is 99.5 Å². The molecule has 744 valence electrons.